The molecular formula is C12H9NO6. The molecule has 0 atom stereocenters. The second-order valence-electron chi connectivity index (χ2n) is 3.62. The van der Waals surface area contributed by atoms with Gasteiger partial charge in [-0.1, -0.05) is 0 Å². The molecule has 1 N–H and O–H groups in total. The van der Waals surface area contributed by atoms with E-state index in [0.717, 1.165) is 0 Å². The smallest absolute Gasteiger partial charge is 0.372 e. The van der Waals surface area contributed by atoms with Gasteiger partial charge in [0.05, 0.1) is 11.2 Å². The molecule has 1 heterocycles. The molecule has 1 aromatic heterocycles. The largest absolute Gasteiger partial charge is 0.489 e. The van der Waals surface area contributed by atoms with Gasteiger partial charge in [0.2, 0.25) is 5.76 Å². The molecule has 0 aliphatic carbocycles. The molecule has 0 spiro atoms. The Kier molecular flexibility index (Phi) is 3.46. The predicted molar refractivity (Wildman–Crippen MR) is 63.1 cm³/mol. The summed E-state index contributed by atoms with van der Waals surface area (Å²) in [6, 6.07) is 7.00. The summed E-state index contributed by atoms with van der Waals surface area (Å²) in [6.07, 6.45) is 1.26. The van der Waals surface area contributed by atoms with Crippen LogP contribution in [0.15, 0.2) is 41.0 Å². The molecule has 1 aromatic carbocycles. The molecule has 7 heteroatoms. The summed E-state index contributed by atoms with van der Waals surface area (Å²) in [5, 5.41) is 19.3. The van der Waals surface area contributed by atoms with E-state index in [9.17, 15) is 14.9 Å². The summed E-state index contributed by atoms with van der Waals surface area (Å²) in [5.41, 5.74) is 0.354. The summed E-state index contributed by atoms with van der Waals surface area (Å²) in [7, 11) is 0. The topological polar surface area (TPSA) is 103 Å². The molecule has 0 saturated carbocycles. The molecule has 2 aromatic rings. The Balaban J connectivity index is 2.04. The molecule has 0 aliphatic heterocycles. The normalized spacial score (nSPS) is 10.1. The van der Waals surface area contributed by atoms with Crippen molar-refractivity contribution in [1.82, 2.24) is 0 Å². The van der Waals surface area contributed by atoms with Crippen molar-refractivity contribution < 1.29 is 24.0 Å². The van der Waals surface area contributed by atoms with Crippen molar-refractivity contribution >= 4 is 11.7 Å². The van der Waals surface area contributed by atoms with Crippen LogP contribution in [0, 0.1) is 10.1 Å². The van der Waals surface area contributed by atoms with E-state index in [1.165, 1.54) is 36.6 Å². The highest BCUT2D eigenvalue weighted by Gasteiger charge is 2.14. The van der Waals surface area contributed by atoms with Crippen LogP contribution in [0.4, 0.5) is 5.69 Å². The molecule has 0 saturated heterocycles. The van der Waals surface area contributed by atoms with Gasteiger partial charge in [-0.3, -0.25) is 10.1 Å². The second kappa shape index (κ2) is 5.21. The summed E-state index contributed by atoms with van der Waals surface area (Å²) in [5.74, 6) is -0.947. The van der Waals surface area contributed by atoms with E-state index in [-0.39, 0.29) is 18.1 Å². The first-order valence-electron chi connectivity index (χ1n) is 5.25. The first-order valence-corrected chi connectivity index (χ1v) is 5.25. The Morgan fingerprint density at radius 1 is 1.32 bits per heavy atom. The number of nitrogens with zero attached hydrogens (tertiary/aromatic N) is 1. The van der Waals surface area contributed by atoms with Gasteiger partial charge < -0.3 is 14.3 Å². The van der Waals surface area contributed by atoms with Crippen LogP contribution in [0.3, 0.4) is 0 Å². The average Bonchev–Trinajstić information content (AvgIpc) is 2.85. The predicted octanol–water partition coefficient (Wildman–Crippen LogP) is 2.47. The van der Waals surface area contributed by atoms with E-state index < -0.39 is 10.9 Å². The van der Waals surface area contributed by atoms with Crippen molar-refractivity contribution in [2.24, 2.45) is 0 Å². The average molecular weight is 263 g/mol. The number of carbonyl (C=O) groups is 1. The minimum absolute atomic E-state index is 0.00987. The van der Waals surface area contributed by atoms with Crippen molar-refractivity contribution in [2.75, 3.05) is 0 Å². The minimum Gasteiger partial charge on any atom is -0.489 e. The van der Waals surface area contributed by atoms with E-state index in [1.807, 2.05) is 0 Å². The number of ether oxygens (including phenoxy) is 1. The van der Waals surface area contributed by atoms with Gasteiger partial charge in [-0.2, -0.15) is 0 Å². The van der Waals surface area contributed by atoms with Crippen molar-refractivity contribution in [3.63, 3.8) is 0 Å². The molecule has 0 aliphatic rings. The standard InChI is InChI=1S/C12H9NO6/c14-12(15)11-8(5-6-18-11)7-19-10-3-1-9(2-4-10)13(16)17/h1-6H,7H2,(H,14,15). The highest BCUT2D eigenvalue weighted by atomic mass is 16.6. The Bertz CT molecular complexity index is 601. The lowest BCUT2D eigenvalue weighted by molar-refractivity contribution is -0.384. The van der Waals surface area contributed by atoms with Crippen LogP contribution >= 0.6 is 0 Å². The van der Waals surface area contributed by atoms with Crippen LogP contribution in [0.25, 0.3) is 0 Å². The van der Waals surface area contributed by atoms with E-state index >= 15 is 0 Å². The first kappa shape index (κ1) is 12.6. The second-order valence-corrected chi connectivity index (χ2v) is 3.62. The zero-order chi connectivity index (χ0) is 13.8. The van der Waals surface area contributed by atoms with Crippen LogP contribution in [-0.2, 0) is 6.61 Å². The molecule has 2 rings (SSSR count). The monoisotopic (exact) mass is 263 g/mol. The number of carboxylic acid groups (broad SMARTS) is 1. The third-order valence-electron chi connectivity index (χ3n) is 2.38. The van der Waals surface area contributed by atoms with Gasteiger partial charge in [0.15, 0.2) is 0 Å². The van der Waals surface area contributed by atoms with Gasteiger partial charge in [-0.15, -0.1) is 0 Å². The van der Waals surface area contributed by atoms with Gasteiger partial charge >= 0.3 is 5.97 Å². The maximum atomic E-state index is 10.8. The number of nitro benzene ring substituents is 1. The number of carboxylic acids is 1. The van der Waals surface area contributed by atoms with Crippen molar-refractivity contribution in [2.45, 2.75) is 6.61 Å². The van der Waals surface area contributed by atoms with E-state index in [2.05, 4.69) is 0 Å². The fraction of sp³-hybridized carbons (Fsp3) is 0.0833. The molecule has 0 radical (unpaired) electrons. The van der Waals surface area contributed by atoms with Crippen molar-refractivity contribution in [3.8, 4) is 5.75 Å². The lowest BCUT2D eigenvalue weighted by Crippen LogP contribution is -2.02. The maximum Gasteiger partial charge on any atom is 0.372 e. The zero-order valence-electron chi connectivity index (χ0n) is 9.61. The highest BCUT2D eigenvalue weighted by Crippen LogP contribution is 2.19. The maximum absolute atomic E-state index is 10.8. The summed E-state index contributed by atoms with van der Waals surface area (Å²) >= 11 is 0. The van der Waals surface area contributed by atoms with Crippen LogP contribution in [0.5, 0.6) is 5.75 Å². The zero-order valence-corrected chi connectivity index (χ0v) is 9.61. The van der Waals surface area contributed by atoms with E-state index in [1.54, 1.807) is 0 Å². The van der Waals surface area contributed by atoms with Gasteiger partial charge in [-0.05, 0) is 18.2 Å². The summed E-state index contributed by atoms with van der Waals surface area (Å²) in [6.45, 7) is 0.00987. The molecule has 0 bridgehead atoms. The van der Waals surface area contributed by atoms with Crippen molar-refractivity contribution in [3.05, 3.63) is 58.0 Å². The van der Waals surface area contributed by atoms with Gasteiger partial charge in [-0.25, -0.2) is 4.79 Å². The highest BCUT2D eigenvalue weighted by molar-refractivity contribution is 5.86. The minimum atomic E-state index is -1.17. The van der Waals surface area contributed by atoms with Gasteiger partial charge in [0.1, 0.15) is 12.4 Å². The number of hydrogen-bond donors (Lipinski definition) is 1. The number of furan rings is 1. The molecule has 0 amide bonds. The molecule has 7 nitrogen and oxygen atoms in total. The number of hydrogen-bond acceptors (Lipinski definition) is 5. The third-order valence-corrected chi connectivity index (χ3v) is 2.38. The van der Waals surface area contributed by atoms with Crippen LogP contribution in [0.1, 0.15) is 16.1 Å². The number of aromatic carboxylic acids is 1. The van der Waals surface area contributed by atoms with Gasteiger partial charge in [0, 0.05) is 17.7 Å². The third kappa shape index (κ3) is 2.89. The van der Waals surface area contributed by atoms with Crippen molar-refractivity contribution in [1.29, 1.82) is 0 Å². The quantitative estimate of drug-likeness (QED) is 0.656. The Labute approximate surface area is 107 Å². The van der Waals surface area contributed by atoms with E-state index in [4.69, 9.17) is 14.3 Å². The lowest BCUT2D eigenvalue weighted by Gasteiger charge is -2.04. The Morgan fingerprint density at radius 2 is 2.00 bits per heavy atom. The number of nitro groups is 1. The molecule has 19 heavy (non-hydrogen) atoms. The van der Waals surface area contributed by atoms with Crippen LogP contribution in [0.2, 0.25) is 0 Å². The molecule has 0 unspecified atom stereocenters. The Morgan fingerprint density at radius 3 is 2.58 bits per heavy atom. The summed E-state index contributed by atoms with van der Waals surface area (Å²) < 4.78 is 10.1. The molecule has 0 fully saturated rings. The fourth-order valence-electron chi connectivity index (χ4n) is 1.46. The number of benzene rings is 1. The Hall–Kier alpha value is -2.83. The molecule has 98 valence electrons. The molecular weight excluding hydrogens is 254 g/mol. The first-order chi connectivity index (χ1) is 9.08. The van der Waals surface area contributed by atoms with Gasteiger partial charge in [0.25, 0.3) is 5.69 Å². The van der Waals surface area contributed by atoms with Crippen LogP contribution in [-0.4, -0.2) is 16.0 Å². The SMILES string of the molecule is O=C(O)c1occc1COc1ccc([N+](=O)[O-])cc1. The number of rotatable bonds is 5. The number of non-ortho nitro benzene ring substituents is 1. The van der Waals surface area contributed by atoms with Crippen LogP contribution < -0.4 is 4.74 Å². The summed E-state index contributed by atoms with van der Waals surface area (Å²) in [4.78, 5) is 20.7. The lowest BCUT2D eigenvalue weighted by atomic mass is 10.2. The fourth-order valence-corrected chi connectivity index (χ4v) is 1.46. The van der Waals surface area contributed by atoms with E-state index in [0.29, 0.717) is 11.3 Å².